The molecule has 0 spiro atoms. The SMILES string of the molecule is Cc1cc(C2C=CC=CC2C)ccc1N. The normalized spacial score (nSPS) is 24.4. The van der Waals surface area contributed by atoms with Crippen LogP contribution in [0.15, 0.2) is 42.5 Å². The van der Waals surface area contributed by atoms with Gasteiger partial charge in [0.2, 0.25) is 0 Å². The lowest BCUT2D eigenvalue weighted by Gasteiger charge is -2.21. The van der Waals surface area contributed by atoms with Crippen LogP contribution >= 0.6 is 0 Å². The van der Waals surface area contributed by atoms with Crippen LogP contribution in [0.5, 0.6) is 0 Å². The minimum absolute atomic E-state index is 0.495. The molecule has 0 fully saturated rings. The van der Waals surface area contributed by atoms with Crippen LogP contribution in [0.2, 0.25) is 0 Å². The van der Waals surface area contributed by atoms with Crippen LogP contribution in [0.3, 0.4) is 0 Å². The third-order valence-electron chi connectivity index (χ3n) is 3.09. The van der Waals surface area contributed by atoms with Crippen molar-refractivity contribution in [3.63, 3.8) is 0 Å². The lowest BCUT2D eigenvalue weighted by atomic mass is 9.84. The first-order chi connectivity index (χ1) is 7.18. The summed E-state index contributed by atoms with van der Waals surface area (Å²) in [6.45, 7) is 4.31. The molecule has 1 aliphatic rings. The van der Waals surface area contributed by atoms with Gasteiger partial charge in [-0.1, -0.05) is 43.4 Å². The summed E-state index contributed by atoms with van der Waals surface area (Å²) in [6, 6.07) is 6.33. The van der Waals surface area contributed by atoms with E-state index < -0.39 is 0 Å². The van der Waals surface area contributed by atoms with E-state index in [1.165, 1.54) is 11.1 Å². The van der Waals surface area contributed by atoms with E-state index in [2.05, 4.69) is 50.3 Å². The van der Waals surface area contributed by atoms with E-state index in [-0.39, 0.29) is 0 Å². The molecule has 1 nitrogen and oxygen atoms in total. The minimum atomic E-state index is 0.495. The number of allylic oxidation sites excluding steroid dienone is 4. The van der Waals surface area contributed by atoms with Crippen LogP contribution in [0.4, 0.5) is 5.69 Å². The van der Waals surface area contributed by atoms with Crippen molar-refractivity contribution >= 4 is 5.69 Å². The van der Waals surface area contributed by atoms with Gasteiger partial charge in [-0.05, 0) is 30.0 Å². The fourth-order valence-corrected chi connectivity index (χ4v) is 2.04. The van der Waals surface area contributed by atoms with Crippen LogP contribution in [0.1, 0.15) is 24.0 Å². The van der Waals surface area contributed by atoms with Gasteiger partial charge >= 0.3 is 0 Å². The summed E-state index contributed by atoms with van der Waals surface area (Å²) < 4.78 is 0. The van der Waals surface area contributed by atoms with E-state index in [0.29, 0.717) is 11.8 Å². The quantitative estimate of drug-likeness (QED) is 0.689. The van der Waals surface area contributed by atoms with Gasteiger partial charge in [0.15, 0.2) is 0 Å². The van der Waals surface area contributed by atoms with Crippen molar-refractivity contribution in [2.24, 2.45) is 5.92 Å². The molecule has 78 valence electrons. The maximum Gasteiger partial charge on any atom is 0.0343 e. The molecule has 0 saturated carbocycles. The zero-order chi connectivity index (χ0) is 10.8. The highest BCUT2D eigenvalue weighted by Gasteiger charge is 2.16. The molecule has 0 aliphatic heterocycles. The molecular weight excluding hydrogens is 182 g/mol. The van der Waals surface area contributed by atoms with E-state index in [9.17, 15) is 0 Å². The number of hydrogen-bond donors (Lipinski definition) is 1. The van der Waals surface area contributed by atoms with Gasteiger partial charge in [-0.25, -0.2) is 0 Å². The Kier molecular flexibility index (Phi) is 2.63. The zero-order valence-electron chi connectivity index (χ0n) is 9.27. The van der Waals surface area contributed by atoms with Crippen molar-refractivity contribution < 1.29 is 0 Å². The highest BCUT2D eigenvalue weighted by atomic mass is 14.5. The first-order valence-electron chi connectivity index (χ1n) is 5.39. The molecule has 0 amide bonds. The molecule has 1 aromatic carbocycles. The molecule has 2 unspecified atom stereocenters. The fourth-order valence-electron chi connectivity index (χ4n) is 2.04. The van der Waals surface area contributed by atoms with Crippen molar-refractivity contribution in [3.8, 4) is 0 Å². The number of rotatable bonds is 1. The smallest absolute Gasteiger partial charge is 0.0343 e. The molecule has 0 heterocycles. The molecule has 0 bridgehead atoms. The Morgan fingerprint density at radius 1 is 1.13 bits per heavy atom. The third-order valence-corrected chi connectivity index (χ3v) is 3.09. The number of nitrogens with two attached hydrogens (primary N) is 1. The van der Waals surface area contributed by atoms with E-state index in [0.717, 1.165) is 5.69 Å². The Morgan fingerprint density at radius 2 is 1.87 bits per heavy atom. The Labute approximate surface area is 91.3 Å². The number of hydrogen-bond acceptors (Lipinski definition) is 1. The molecule has 1 heteroatoms. The van der Waals surface area contributed by atoms with E-state index in [1.54, 1.807) is 0 Å². The van der Waals surface area contributed by atoms with Gasteiger partial charge in [-0.2, -0.15) is 0 Å². The molecule has 1 aromatic rings. The van der Waals surface area contributed by atoms with Crippen LogP contribution < -0.4 is 5.73 Å². The molecule has 15 heavy (non-hydrogen) atoms. The average Bonchev–Trinajstić information content (AvgIpc) is 2.23. The first kappa shape index (κ1) is 10.0. The lowest BCUT2D eigenvalue weighted by Crippen LogP contribution is -2.07. The van der Waals surface area contributed by atoms with Gasteiger partial charge in [0.05, 0.1) is 0 Å². The molecule has 0 saturated heterocycles. The Bertz CT molecular complexity index is 415. The molecule has 0 aromatic heterocycles. The lowest BCUT2D eigenvalue weighted by molar-refractivity contribution is 0.635. The summed E-state index contributed by atoms with van der Waals surface area (Å²) in [5.41, 5.74) is 9.22. The van der Waals surface area contributed by atoms with Gasteiger partial charge in [0, 0.05) is 11.6 Å². The third kappa shape index (κ3) is 1.96. The fraction of sp³-hybridized carbons (Fsp3) is 0.286. The van der Waals surface area contributed by atoms with Gasteiger partial charge < -0.3 is 5.73 Å². The van der Waals surface area contributed by atoms with Crippen molar-refractivity contribution in [3.05, 3.63) is 53.6 Å². The molecule has 2 N–H and O–H groups in total. The van der Waals surface area contributed by atoms with Gasteiger partial charge in [-0.15, -0.1) is 0 Å². The molecular formula is C14H17N. The summed E-state index contributed by atoms with van der Waals surface area (Å²) in [5, 5.41) is 0. The summed E-state index contributed by atoms with van der Waals surface area (Å²) in [6.07, 6.45) is 8.74. The van der Waals surface area contributed by atoms with E-state index in [4.69, 9.17) is 5.73 Å². The Hall–Kier alpha value is -1.50. The second-order valence-electron chi connectivity index (χ2n) is 4.27. The number of anilines is 1. The van der Waals surface area contributed by atoms with E-state index >= 15 is 0 Å². The second kappa shape index (κ2) is 3.93. The van der Waals surface area contributed by atoms with Gasteiger partial charge in [0.25, 0.3) is 0 Å². The summed E-state index contributed by atoms with van der Waals surface area (Å²) in [4.78, 5) is 0. The number of nitrogen functional groups attached to an aromatic ring is 1. The van der Waals surface area contributed by atoms with Gasteiger partial charge in [0.1, 0.15) is 0 Å². The Morgan fingerprint density at radius 3 is 2.53 bits per heavy atom. The molecule has 2 rings (SSSR count). The molecule has 0 radical (unpaired) electrons. The minimum Gasteiger partial charge on any atom is -0.399 e. The van der Waals surface area contributed by atoms with Crippen LogP contribution in [0.25, 0.3) is 0 Å². The van der Waals surface area contributed by atoms with Crippen molar-refractivity contribution in [1.82, 2.24) is 0 Å². The maximum atomic E-state index is 5.82. The molecule has 2 atom stereocenters. The largest absolute Gasteiger partial charge is 0.399 e. The van der Waals surface area contributed by atoms with Crippen LogP contribution in [0, 0.1) is 12.8 Å². The molecule has 1 aliphatic carbocycles. The van der Waals surface area contributed by atoms with Crippen LogP contribution in [-0.4, -0.2) is 0 Å². The second-order valence-corrected chi connectivity index (χ2v) is 4.27. The van der Waals surface area contributed by atoms with Crippen LogP contribution in [-0.2, 0) is 0 Å². The summed E-state index contributed by atoms with van der Waals surface area (Å²) >= 11 is 0. The predicted molar refractivity (Wildman–Crippen MR) is 65.8 cm³/mol. The zero-order valence-corrected chi connectivity index (χ0v) is 9.27. The maximum absolute atomic E-state index is 5.82. The number of aryl methyl sites for hydroxylation is 1. The monoisotopic (exact) mass is 199 g/mol. The highest BCUT2D eigenvalue weighted by molar-refractivity contribution is 5.49. The number of benzene rings is 1. The van der Waals surface area contributed by atoms with Crippen molar-refractivity contribution in [2.45, 2.75) is 19.8 Å². The average molecular weight is 199 g/mol. The summed E-state index contributed by atoms with van der Waals surface area (Å²) in [7, 11) is 0. The summed E-state index contributed by atoms with van der Waals surface area (Å²) in [5.74, 6) is 1.06. The van der Waals surface area contributed by atoms with Crippen molar-refractivity contribution in [1.29, 1.82) is 0 Å². The van der Waals surface area contributed by atoms with Crippen molar-refractivity contribution in [2.75, 3.05) is 5.73 Å². The Balaban J connectivity index is 2.33. The predicted octanol–water partition coefficient (Wildman–Crippen LogP) is 3.42. The highest BCUT2D eigenvalue weighted by Crippen LogP contribution is 2.31. The first-order valence-corrected chi connectivity index (χ1v) is 5.39. The topological polar surface area (TPSA) is 26.0 Å². The standard InChI is InChI=1S/C14H17N/c1-10-5-3-4-6-13(10)12-7-8-14(15)11(2)9-12/h3-10,13H,15H2,1-2H3. The van der Waals surface area contributed by atoms with E-state index in [1.807, 2.05) is 6.07 Å². The van der Waals surface area contributed by atoms with Gasteiger partial charge in [-0.3, -0.25) is 0 Å².